The molecular formula is C21H30N2O2S. The van der Waals surface area contributed by atoms with Crippen molar-refractivity contribution in [1.29, 1.82) is 0 Å². The molecule has 0 bridgehead atoms. The van der Waals surface area contributed by atoms with E-state index in [9.17, 15) is 9.59 Å². The molecule has 0 spiro atoms. The van der Waals surface area contributed by atoms with Crippen LogP contribution in [0.15, 0.2) is 30.3 Å². The number of carbonyl (C=O) groups excluding carboxylic acids is 2. The van der Waals surface area contributed by atoms with Gasteiger partial charge >= 0.3 is 0 Å². The van der Waals surface area contributed by atoms with Crippen molar-refractivity contribution in [3.8, 4) is 0 Å². The smallest absolute Gasteiger partial charge is 0.230 e. The molecule has 0 aromatic heterocycles. The fraction of sp³-hybridized carbons (Fsp3) is 0.619. The van der Waals surface area contributed by atoms with E-state index in [-0.39, 0.29) is 23.9 Å². The third-order valence-electron chi connectivity index (χ3n) is 5.79. The van der Waals surface area contributed by atoms with Crippen LogP contribution in [-0.4, -0.2) is 29.7 Å². The summed E-state index contributed by atoms with van der Waals surface area (Å²) < 4.78 is 0. The summed E-state index contributed by atoms with van der Waals surface area (Å²) in [5, 5.41) is 6.36. The maximum absolute atomic E-state index is 12.3. The molecule has 1 aromatic carbocycles. The molecule has 26 heavy (non-hydrogen) atoms. The van der Waals surface area contributed by atoms with E-state index >= 15 is 0 Å². The number of benzene rings is 1. The Labute approximate surface area is 160 Å². The van der Waals surface area contributed by atoms with Gasteiger partial charge < -0.3 is 10.6 Å². The van der Waals surface area contributed by atoms with Crippen molar-refractivity contribution in [1.82, 2.24) is 10.6 Å². The van der Waals surface area contributed by atoms with Gasteiger partial charge in [-0.2, -0.15) is 0 Å². The van der Waals surface area contributed by atoms with Crippen LogP contribution in [0.2, 0.25) is 0 Å². The number of piperidine rings is 1. The molecule has 1 saturated carbocycles. The Balaban J connectivity index is 1.44. The van der Waals surface area contributed by atoms with E-state index in [4.69, 9.17) is 0 Å². The monoisotopic (exact) mass is 374 g/mol. The van der Waals surface area contributed by atoms with Gasteiger partial charge in [0.2, 0.25) is 11.8 Å². The first-order chi connectivity index (χ1) is 12.5. The van der Waals surface area contributed by atoms with E-state index in [2.05, 4.69) is 36.6 Å². The largest absolute Gasteiger partial charge is 0.353 e. The zero-order chi connectivity index (χ0) is 18.5. The Kier molecular flexibility index (Phi) is 6.63. The predicted octanol–water partition coefficient (Wildman–Crippen LogP) is 3.37. The van der Waals surface area contributed by atoms with Crippen LogP contribution in [-0.2, 0) is 15.3 Å². The number of nitrogens with one attached hydrogen (secondary N) is 2. The van der Waals surface area contributed by atoms with Crippen LogP contribution < -0.4 is 10.6 Å². The van der Waals surface area contributed by atoms with Crippen molar-refractivity contribution >= 4 is 23.6 Å². The van der Waals surface area contributed by atoms with Gasteiger partial charge in [0.15, 0.2) is 0 Å². The SMILES string of the molecule is CC(C)C1CC(=O)NC2CC(NC(=O)CSCc3ccccc3)CCC21. The number of hydrogen-bond acceptors (Lipinski definition) is 3. The zero-order valence-electron chi connectivity index (χ0n) is 15.7. The normalized spacial score (nSPS) is 28.3. The number of carbonyl (C=O) groups is 2. The second kappa shape index (κ2) is 8.94. The van der Waals surface area contributed by atoms with E-state index in [1.165, 1.54) is 5.56 Å². The maximum Gasteiger partial charge on any atom is 0.230 e. The third kappa shape index (κ3) is 5.03. The van der Waals surface area contributed by atoms with Gasteiger partial charge in [-0.25, -0.2) is 0 Å². The van der Waals surface area contributed by atoms with Gasteiger partial charge in [-0.05, 0) is 42.6 Å². The van der Waals surface area contributed by atoms with Gasteiger partial charge in [-0.15, -0.1) is 11.8 Å². The lowest BCUT2D eigenvalue weighted by Crippen LogP contribution is -2.56. The second-order valence-electron chi connectivity index (χ2n) is 8.01. The molecule has 4 atom stereocenters. The van der Waals surface area contributed by atoms with Crippen molar-refractivity contribution in [2.24, 2.45) is 17.8 Å². The molecule has 1 aliphatic carbocycles. The summed E-state index contributed by atoms with van der Waals surface area (Å²) in [6, 6.07) is 10.6. The first-order valence-electron chi connectivity index (χ1n) is 9.73. The minimum Gasteiger partial charge on any atom is -0.353 e. The summed E-state index contributed by atoms with van der Waals surface area (Å²) >= 11 is 1.65. The lowest BCUT2D eigenvalue weighted by atomic mass is 9.67. The predicted molar refractivity (Wildman–Crippen MR) is 107 cm³/mol. The van der Waals surface area contributed by atoms with Crippen LogP contribution in [0, 0.1) is 17.8 Å². The minimum absolute atomic E-state index is 0.108. The molecule has 0 radical (unpaired) electrons. The Hall–Kier alpha value is -1.49. The van der Waals surface area contributed by atoms with E-state index in [0.29, 0.717) is 29.9 Å². The van der Waals surface area contributed by atoms with Crippen LogP contribution in [0.25, 0.3) is 0 Å². The molecule has 4 nitrogen and oxygen atoms in total. The number of amides is 2. The average molecular weight is 375 g/mol. The van der Waals surface area contributed by atoms with Crippen molar-refractivity contribution in [3.05, 3.63) is 35.9 Å². The van der Waals surface area contributed by atoms with Crippen molar-refractivity contribution in [2.75, 3.05) is 5.75 Å². The summed E-state index contributed by atoms with van der Waals surface area (Å²) in [6.45, 7) is 4.44. The molecule has 3 rings (SSSR count). The molecule has 1 aliphatic heterocycles. The molecule has 5 heteroatoms. The molecule has 1 heterocycles. The van der Waals surface area contributed by atoms with Crippen LogP contribution in [0.1, 0.15) is 45.1 Å². The molecule has 2 N–H and O–H groups in total. The molecule has 1 saturated heterocycles. The average Bonchev–Trinajstić information content (AvgIpc) is 2.61. The molecule has 4 unspecified atom stereocenters. The standard InChI is InChI=1S/C21H30N2O2S/c1-14(2)18-11-20(24)23-19-10-16(8-9-17(18)19)22-21(25)13-26-12-15-6-4-3-5-7-15/h3-7,14,16-19H,8-13H2,1-2H3,(H,22,25)(H,23,24). The molecule has 1 aromatic rings. The van der Waals surface area contributed by atoms with Gasteiger partial charge in [-0.3, -0.25) is 9.59 Å². The lowest BCUT2D eigenvalue weighted by Gasteiger charge is -2.45. The van der Waals surface area contributed by atoms with Crippen LogP contribution in [0.5, 0.6) is 0 Å². The number of fused-ring (bicyclic) bond motifs is 1. The van der Waals surface area contributed by atoms with Gasteiger partial charge in [-0.1, -0.05) is 44.2 Å². The molecule has 142 valence electrons. The maximum atomic E-state index is 12.3. The molecule has 2 fully saturated rings. The van der Waals surface area contributed by atoms with Crippen LogP contribution in [0.4, 0.5) is 0 Å². The van der Waals surface area contributed by atoms with E-state index in [1.807, 2.05) is 18.2 Å². The summed E-state index contributed by atoms with van der Waals surface area (Å²) in [7, 11) is 0. The first-order valence-corrected chi connectivity index (χ1v) is 10.9. The fourth-order valence-corrected chi connectivity index (χ4v) is 5.27. The van der Waals surface area contributed by atoms with E-state index in [1.54, 1.807) is 11.8 Å². The van der Waals surface area contributed by atoms with E-state index < -0.39 is 0 Å². The molecular weight excluding hydrogens is 344 g/mol. The van der Waals surface area contributed by atoms with Crippen molar-refractivity contribution < 1.29 is 9.59 Å². The highest BCUT2D eigenvalue weighted by Gasteiger charge is 2.41. The van der Waals surface area contributed by atoms with Gasteiger partial charge in [0.05, 0.1) is 5.75 Å². The summed E-state index contributed by atoms with van der Waals surface area (Å²) in [5.74, 6) is 3.21. The number of hydrogen-bond donors (Lipinski definition) is 2. The van der Waals surface area contributed by atoms with Crippen molar-refractivity contribution in [2.45, 2.75) is 57.4 Å². The lowest BCUT2D eigenvalue weighted by molar-refractivity contribution is -0.128. The Morgan fingerprint density at radius 3 is 2.77 bits per heavy atom. The summed E-state index contributed by atoms with van der Waals surface area (Å²) in [6.07, 6.45) is 3.64. The fourth-order valence-electron chi connectivity index (χ4n) is 4.47. The Morgan fingerprint density at radius 2 is 2.04 bits per heavy atom. The highest BCUT2D eigenvalue weighted by Crippen LogP contribution is 2.39. The van der Waals surface area contributed by atoms with Crippen LogP contribution in [0.3, 0.4) is 0 Å². The van der Waals surface area contributed by atoms with Gasteiger partial charge in [0, 0.05) is 24.3 Å². The van der Waals surface area contributed by atoms with E-state index in [0.717, 1.165) is 25.0 Å². The summed E-state index contributed by atoms with van der Waals surface area (Å²) in [4.78, 5) is 24.3. The molecule has 2 amide bonds. The Morgan fingerprint density at radius 1 is 1.27 bits per heavy atom. The Bertz CT molecular complexity index is 620. The number of thioether (sulfide) groups is 1. The van der Waals surface area contributed by atoms with Crippen LogP contribution >= 0.6 is 11.8 Å². The van der Waals surface area contributed by atoms with Gasteiger partial charge in [0.1, 0.15) is 0 Å². The second-order valence-corrected chi connectivity index (χ2v) is 8.99. The zero-order valence-corrected chi connectivity index (χ0v) is 16.6. The van der Waals surface area contributed by atoms with Gasteiger partial charge in [0.25, 0.3) is 0 Å². The minimum atomic E-state index is 0.108. The highest BCUT2D eigenvalue weighted by atomic mass is 32.2. The quantitative estimate of drug-likeness (QED) is 0.803. The third-order valence-corrected chi connectivity index (χ3v) is 6.79. The number of rotatable bonds is 6. The topological polar surface area (TPSA) is 58.2 Å². The summed E-state index contributed by atoms with van der Waals surface area (Å²) in [5.41, 5.74) is 1.25. The first kappa shape index (κ1) is 19.3. The highest BCUT2D eigenvalue weighted by molar-refractivity contribution is 7.99. The molecule has 2 aliphatic rings. The van der Waals surface area contributed by atoms with Crippen molar-refractivity contribution in [3.63, 3.8) is 0 Å².